The molecule has 51 heavy (non-hydrogen) atoms. The zero-order valence-electron chi connectivity index (χ0n) is 31.9. The average Bonchev–Trinajstić information content (AvgIpc) is 3.61. The highest BCUT2D eigenvalue weighted by molar-refractivity contribution is 9.14. The Kier molecular flexibility index (Phi) is 11.6. The van der Waals surface area contributed by atoms with E-state index in [0.717, 1.165) is 39.9 Å². The van der Waals surface area contributed by atoms with Crippen LogP contribution in [0.25, 0.3) is 0 Å². The van der Waals surface area contributed by atoms with Crippen LogP contribution in [-0.4, -0.2) is 34.3 Å². The first-order chi connectivity index (χ1) is 24.5. The number of rotatable bonds is 6. The van der Waals surface area contributed by atoms with Crippen molar-refractivity contribution >= 4 is 57.1 Å². The molecule has 7 heteroatoms. The van der Waals surface area contributed by atoms with Crippen molar-refractivity contribution in [2.75, 3.05) is 16.3 Å². The van der Waals surface area contributed by atoms with Crippen LogP contribution < -0.4 is 9.80 Å². The molecular weight excluding hydrogens is 777 g/mol. The normalized spacial score (nSPS) is 23.6. The van der Waals surface area contributed by atoms with E-state index in [4.69, 9.17) is 0 Å². The second kappa shape index (κ2) is 15.8. The summed E-state index contributed by atoms with van der Waals surface area (Å²) in [5.41, 5.74) is 15.3. The molecule has 7 rings (SSSR count). The van der Waals surface area contributed by atoms with Crippen LogP contribution in [0.2, 0.25) is 0 Å². The Morgan fingerprint density at radius 1 is 0.627 bits per heavy atom. The number of aryl methyl sites for hydroxylation is 6. The van der Waals surface area contributed by atoms with Gasteiger partial charge in [0.15, 0.2) is 0 Å². The molecule has 0 spiro atoms. The number of nitrogens with zero attached hydrogens (tertiary/aromatic N) is 3. The number of anilines is 2. The van der Waals surface area contributed by atoms with Crippen LogP contribution in [0.5, 0.6) is 0 Å². The van der Waals surface area contributed by atoms with E-state index in [-0.39, 0.29) is 7.92 Å². The monoisotopic (exact) mass is 833 g/mol. The van der Waals surface area contributed by atoms with E-state index < -0.39 is 0 Å². The van der Waals surface area contributed by atoms with Crippen molar-refractivity contribution in [2.24, 2.45) is 0 Å². The van der Waals surface area contributed by atoms with E-state index in [1.807, 2.05) is 0 Å². The van der Waals surface area contributed by atoms with E-state index in [1.165, 1.54) is 139 Å². The lowest BCUT2D eigenvalue weighted by atomic mass is 9.88. The fourth-order valence-corrected chi connectivity index (χ4v) is 16.0. The number of allylic oxidation sites excluding steroid dienone is 2. The van der Waals surface area contributed by atoms with E-state index in [0.29, 0.717) is 18.0 Å². The summed E-state index contributed by atoms with van der Waals surface area (Å²) in [6.07, 6.45) is 21.5. The summed E-state index contributed by atoms with van der Waals surface area (Å²) in [4.78, 5) is 20.7. The van der Waals surface area contributed by atoms with Crippen molar-refractivity contribution in [1.82, 2.24) is 4.90 Å². The van der Waals surface area contributed by atoms with Gasteiger partial charge in [0.25, 0.3) is 0 Å². The fraction of sp³-hybridized carbons (Fsp3) is 0.568. The predicted octanol–water partition coefficient (Wildman–Crippen LogP) is 13.2. The van der Waals surface area contributed by atoms with Gasteiger partial charge in [0, 0.05) is 24.8 Å². The Labute approximate surface area is 326 Å². The molecule has 1 saturated heterocycles. The Balaban J connectivity index is 1.50. The maximum atomic E-state index is 13.5. The SMILES string of the molecule is Cc1cc(C)c(N2C(Br)=C(Br)N(c3c(C)cc(C)cc3C)C2=C2CCCC(P(C3CCCCC3)C3CCCCC3)C2=CN2CCCC2=O)c(C)c1. The van der Waals surface area contributed by atoms with E-state index in [2.05, 4.69) is 119 Å². The van der Waals surface area contributed by atoms with Gasteiger partial charge in [-0.2, -0.15) is 0 Å². The number of hydrogen-bond donors (Lipinski definition) is 0. The van der Waals surface area contributed by atoms with E-state index in [1.54, 1.807) is 0 Å². The minimum Gasteiger partial charge on any atom is -0.319 e. The molecule has 0 aromatic heterocycles. The van der Waals surface area contributed by atoms with Crippen LogP contribution in [0.1, 0.15) is 130 Å². The standard InChI is InChI=1S/C44H58Br2N3OP/c1-28-23-30(3)40(31(4)24-28)48-42(45)43(46)49(41-32(5)25-29(2)26-33(41)6)44(48)36-19-13-20-38(37(36)27-47-22-14-21-39(47)50)51(34-15-9-7-10-16-34)35-17-11-8-12-18-35/h23-27,34-35,38H,7-22H2,1-6H3. The minimum atomic E-state index is -0.237. The fourth-order valence-electron chi connectivity index (χ4n) is 10.4. The first kappa shape index (κ1) is 37.4. The largest absolute Gasteiger partial charge is 0.319 e. The van der Waals surface area contributed by atoms with Crippen LogP contribution in [-0.2, 0) is 4.79 Å². The number of hydrogen-bond acceptors (Lipinski definition) is 3. The Morgan fingerprint density at radius 2 is 1.10 bits per heavy atom. The van der Waals surface area contributed by atoms with Gasteiger partial charge >= 0.3 is 0 Å². The first-order valence-electron chi connectivity index (χ1n) is 19.9. The predicted molar refractivity (Wildman–Crippen MR) is 226 cm³/mol. The molecule has 2 aliphatic heterocycles. The van der Waals surface area contributed by atoms with Crippen molar-refractivity contribution in [2.45, 2.75) is 155 Å². The maximum absolute atomic E-state index is 13.5. The van der Waals surface area contributed by atoms with Crippen molar-refractivity contribution in [3.8, 4) is 0 Å². The summed E-state index contributed by atoms with van der Waals surface area (Å²) in [6, 6.07) is 9.33. The number of benzene rings is 2. The van der Waals surface area contributed by atoms with E-state index >= 15 is 0 Å². The molecule has 2 heterocycles. The maximum Gasteiger partial charge on any atom is 0.226 e. The van der Waals surface area contributed by atoms with Gasteiger partial charge < -0.3 is 4.90 Å². The summed E-state index contributed by atoms with van der Waals surface area (Å²) in [5.74, 6) is 1.54. The molecule has 2 aromatic carbocycles. The van der Waals surface area contributed by atoms with Crippen LogP contribution in [0, 0.1) is 41.5 Å². The molecule has 2 aromatic rings. The quantitative estimate of drug-likeness (QED) is 0.214. The van der Waals surface area contributed by atoms with Crippen molar-refractivity contribution in [3.05, 3.63) is 90.0 Å². The Morgan fingerprint density at radius 3 is 1.53 bits per heavy atom. The average molecular weight is 836 g/mol. The van der Waals surface area contributed by atoms with Gasteiger partial charge in [0.05, 0.1) is 11.4 Å². The van der Waals surface area contributed by atoms with Gasteiger partial charge in [-0.1, -0.05) is 81.8 Å². The van der Waals surface area contributed by atoms with Gasteiger partial charge in [-0.25, -0.2) is 0 Å². The first-order valence-corrected chi connectivity index (χ1v) is 23.0. The lowest BCUT2D eigenvalue weighted by Crippen LogP contribution is -2.35. The minimum absolute atomic E-state index is 0.237. The summed E-state index contributed by atoms with van der Waals surface area (Å²) >= 11 is 8.38. The van der Waals surface area contributed by atoms with Gasteiger partial charge in [-0.3, -0.25) is 14.6 Å². The Hall–Kier alpha value is -1.88. The van der Waals surface area contributed by atoms with Gasteiger partial charge in [0.2, 0.25) is 5.91 Å². The summed E-state index contributed by atoms with van der Waals surface area (Å²) in [7, 11) is -0.237. The lowest BCUT2D eigenvalue weighted by Gasteiger charge is -2.46. The van der Waals surface area contributed by atoms with Gasteiger partial charge in [0.1, 0.15) is 15.0 Å². The third-order valence-electron chi connectivity index (χ3n) is 12.3. The number of amides is 1. The lowest BCUT2D eigenvalue weighted by molar-refractivity contribution is -0.125. The molecule has 0 radical (unpaired) electrons. The summed E-state index contributed by atoms with van der Waals surface area (Å²) < 4.78 is 2.08. The van der Waals surface area contributed by atoms with Crippen LogP contribution in [0.4, 0.5) is 11.4 Å². The molecule has 0 bridgehead atoms. The van der Waals surface area contributed by atoms with Crippen molar-refractivity contribution in [1.29, 1.82) is 0 Å². The molecule has 3 saturated carbocycles. The van der Waals surface area contributed by atoms with Crippen LogP contribution >= 0.6 is 39.8 Å². The molecule has 1 unspecified atom stereocenters. The topological polar surface area (TPSA) is 26.8 Å². The summed E-state index contributed by atoms with van der Waals surface area (Å²) in [6.45, 7) is 14.3. The van der Waals surface area contributed by atoms with Gasteiger partial charge in [-0.05, 0) is 169 Å². The molecule has 4 nitrogen and oxygen atoms in total. The van der Waals surface area contributed by atoms with Crippen LogP contribution in [0.3, 0.4) is 0 Å². The zero-order valence-corrected chi connectivity index (χ0v) is 36.0. The third-order valence-corrected chi connectivity index (χ3v) is 18.3. The molecule has 1 atom stereocenters. The van der Waals surface area contributed by atoms with Crippen LogP contribution in [0.15, 0.2) is 56.6 Å². The molecular formula is C44H58Br2N3OP. The second-order valence-electron chi connectivity index (χ2n) is 16.3. The van der Waals surface area contributed by atoms with Crippen molar-refractivity contribution < 1.29 is 4.79 Å². The molecule has 1 amide bonds. The van der Waals surface area contributed by atoms with Gasteiger partial charge in [-0.15, -0.1) is 0 Å². The molecule has 0 N–H and O–H groups in total. The van der Waals surface area contributed by atoms with E-state index in [9.17, 15) is 4.79 Å². The number of carbonyl (C=O) groups excluding carboxylic acids is 1. The summed E-state index contributed by atoms with van der Waals surface area (Å²) in [5, 5.41) is 0. The molecule has 4 fully saturated rings. The highest BCUT2D eigenvalue weighted by Gasteiger charge is 2.45. The second-order valence-corrected chi connectivity index (χ2v) is 20.7. The molecule has 3 aliphatic carbocycles. The highest BCUT2D eigenvalue weighted by Crippen LogP contribution is 2.64. The third kappa shape index (κ3) is 7.34. The number of carbonyl (C=O) groups is 1. The molecule has 5 aliphatic rings. The molecule has 274 valence electrons. The number of likely N-dealkylation sites (tertiary alicyclic amines) is 1. The number of halogens is 2. The Bertz CT molecular complexity index is 1630. The zero-order chi connectivity index (χ0) is 36.0. The van der Waals surface area contributed by atoms with Crippen molar-refractivity contribution in [3.63, 3.8) is 0 Å². The smallest absolute Gasteiger partial charge is 0.226 e. The highest BCUT2D eigenvalue weighted by atomic mass is 79.9.